The van der Waals surface area contributed by atoms with Crippen molar-refractivity contribution in [3.05, 3.63) is 35.2 Å². The number of benzene rings is 1. The van der Waals surface area contributed by atoms with Gasteiger partial charge >= 0.3 is 0 Å². The molecule has 0 saturated heterocycles. The first-order valence-electron chi connectivity index (χ1n) is 8.88. The largest absolute Gasteiger partial charge is 0.495 e. The normalized spacial score (nSPS) is 12.3. The Morgan fingerprint density at radius 3 is 2.58 bits per heavy atom. The molecule has 0 saturated carbocycles. The molecule has 5 nitrogen and oxygen atoms in total. The molecule has 2 aromatic rings. The molecule has 0 radical (unpaired) electrons. The fourth-order valence-electron chi connectivity index (χ4n) is 2.66. The van der Waals surface area contributed by atoms with E-state index in [1.807, 2.05) is 39.0 Å². The number of hydrogen-bond donors (Lipinski definition) is 1. The number of rotatable bonds is 7. The summed E-state index contributed by atoms with van der Waals surface area (Å²) in [7, 11) is 1.60. The van der Waals surface area contributed by atoms with Crippen molar-refractivity contribution in [2.45, 2.75) is 58.5 Å². The van der Waals surface area contributed by atoms with Crippen LogP contribution in [0.2, 0.25) is 0 Å². The zero-order chi connectivity index (χ0) is 19.4. The van der Waals surface area contributed by atoms with Crippen LogP contribution in [0.15, 0.2) is 23.4 Å². The Balaban J connectivity index is 2.15. The number of nitrogens with one attached hydrogen (secondary N) is 1. The van der Waals surface area contributed by atoms with Gasteiger partial charge in [0.05, 0.1) is 23.7 Å². The number of nitrogens with zero attached hydrogens (tertiary/aromatic N) is 2. The first-order valence-corrected chi connectivity index (χ1v) is 9.76. The average molecular weight is 376 g/mol. The molecule has 1 amide bonds. The molecule has 2 rings (SSSR count). The Morgan fingerprint density at radius 2 is 1.96 bits per heavy atom. The Labute approximate surface area is 160 Å². The molecule has 142 valence electrons. The highest BCUT2D eigenvalue weighted by molar-refractivity contribution is 8.00. The molecule has 1 aromatic carbocycles. The fourth-order valence-corrected chi connectivity index (χ4v) is 3.67. The molecule has 0 fully saturated rings. The number of methoxy groups -OCH3 is 1. The summed E-state index contributed by atoms with van der Waals surface area (Å²) in [6, 6.07) is 5.74. The number of aryl methyl sites for hydroxylation is 2. The van der Waals surface area contributed by atoms with Crippen LogP contribution in [-0.4, -0.2) is 27.8 Å². The first-order chi connectivity index (χ1) is 12.2. The highest BCUT2D eigenvalue weighted by Gasteiger charge is 2.21. The molecule has 0 aliphatic heterocycles. The van der Waals surface area contributed by atoms with Gasteiger partial charge in [-0.2, -0.15) is 0 Å². The monoisotopic (exact) mass is 375 g/mol. The minimum absolute atomic E-state index is 0.0618. The Bertz CT molecular complexity index is 784. The van der Waals surface area contributed by atoms with Gasteiger partial charge in [-0.05, 0) is 51.3 Å². The first kappa shape index (κ1) is 20.4. The Kier molecular flexibility index (Phi) is 6.75. The van der Waals surface area contributed by atoms with Crippen LogP contribution in [-0.2, 0) is 11.3 Å². The van der Waals surface area contributed by atoms with Crippen LogP contribution in [0.25, 0.3) is 0 Å². The lowest BCUT2D eigenvalue weighted by atomic mass is 10.2. The fraction of sp³-hybridized carbons (Fsp3) is 0.500. The summed E-state index contributed by atoms with van der Waals surface area (Å²) in [6.07, 6.45) is 0. The number of carbonyl (C=O) groups is 1. The summed E-state index contributed by atoms with van der Waals surface area (Å²) in [5.41, 5.74) is 3.94. The van der Waals surface area contributed by atoms with Crippen LogP contribution in [0.3, 0.4) is 0 Å². The topological polar surface area (TPSA) is 56.1 Å². The summed E-state index contributed by atoms with van der Waals surface area (Å²) in [5.74, 6) is 1.12. The molecular weight excluding hydrogens is 346 g/mol. The molecular formula is C20H29N3O2S. The van der Waals surface area contributed by atoms with E-state index in [9.17, 15) is 4.79 Å². The van der Waals surface area contributed by atoms with Crippen LogP contribution in [0.1, 0.15) is 37.7 Å². The second-order valence-electron chi connectivity index (χ2n) is 7.02. The molecule has 1 N–H and O–H groups in total. The van der Waals surface area contributed by atoms with Crippen molar-refractivity contribution in [3.63, 3.8) is 0 Å². The number of thioether (sulfide) groups is 1. The standard InChI is InChI=1S/C20H29N3O2S/c1-12(2)11-23-15(5)14(4)21-20(23)26-16(6)19(24)22-17-10-13(3)8-9-18(17)25-7/h8-10,12,16H,11H2,1-7H3,(H,22,24). The summed E-state index contributed by atoms with van der Waals surface area (Å²) in [5, 5.41) is 3.61. The molecule has 1 unspecified atom stereocenters. The lowest BCUT2D eigenvalue weighted by Gasteiger charge is -2.16. The van der Waals surface area contributed by atoms with Crippen LogP contribution in [0.4, 0.5) is 5.69 Å². The molecule has 1 aromatic heterocycles. The zero-order valence-corrected chi connectivity index (χ0v) is 17.5. The highest BCUT2D eigenvalue weighted by Crippen LogP contribution is 2.29. The maximum absolute atomic E-state index is 12.7. The molecule has 6 heteroatoms. The smallest absolute Gasteiger partial charge is 0.237 e. The van der Waals surface area contributed by atoms with Crippen molar-refractivity contribution in [1.82, 2.24) is 9.55 Å². The van der Waals surface area contributed by atoms with Crippen molar-refractivity contribution in [1.29, 1.82) is 0 Å². The molecule has 1 atom stereocenters. The molecule has 0 aliphatic carbocycles. The van der Waals surface area contributed by atoms with Crippen molar-refractivity contribution in [2.75, 3.05) is 12.4 Å². The third-order valence-electron chi connectivity index (χ3n) is 4.23. The van der Waals surface area contributed by atoms with Crippen molar-refractivity contribution in [2.24, 2.45) is 5.92 Å². The van der Waals surface area contributed by atoms with Crippen molar-refractivity contribution in [3.8, 4) is 5.75 Å². The molecule has 0 aliphatic rings. The van der Waals surface area contributed by atoms with E-state index in [1.54, 1.807) is 7.11 Å². The Morgan fingerprint density at radius 1 is 1.27 bits per heavy atom. The quantitative estimate of drug-likeness (QED) is 0.719. The predicted molar refractivity (Wildman–Crippen MR) is 108 cm³/mol. The van der Waals surface area contributed by atoms with Crippen molar-refractivity contribution < 1.29 is 9.53 Å². The van der Waals surface area contributed by atoms with Crippen LogP contribution < -0.4 is 10.1 Å². The van der Waals surface area contributed by atoms with Crippen LogP contribution >= 0.6 is 11.8 Å². The number of hydrogen-bond acceptors (Lipinski definition) is 4. The van der Waals surface area contributed by atoms with E-state index in [-0.39, 0.29) is 11.2 Å². The summed E-state index contributed by atoms with van der Waals surface area (Å²) in [6.45, 7) is 13.3. The van der Waals surface area contributed by atoms with E-state index in [0.717, 1.165) is 28.7 Å². The number of ether oxygens (including phenoxy) is 1. The SMILES string of the molecule is COc1ccc(C)cc1NC(=O)C(C)Sc1nc(C)c(C)n1CC(C)C. The molecule has 1 heterocycles. The van der Waals surface area contributed by atoms with E-state index in [2.05, 4.69) is 35.6 Å². The molecule has 0 bridgehead atoms. The summed E-state index contributed by atoms with van der Waals surface area (Å²) in [4.78, 5) is 17.4. The Hall–Kier alpha value is -1.95. The van der Waals surface area contributed by atoms with Gasteiger partial charge in [0.15, 0.2) is 5.16 Å². The number of imidazole rings is 1. The summed E-state index contributed by atoms with van der Waals surface area (Å²) >= 11 is 1.49. The van der Waals surface area contributed by atoms with Gasteiger partial charge in [-0.1, -0.05) is 31.7 Å². The highest BCUT2D eigenvalue weighted by atomic mass is 32.2. The van der Waals surface area contributed by atoms with E-state index in [0.29, 0.717) is 17.4 Å². The number of anilines is 1. The van der Waals surface area contributed by atoms with Gasteiger partial charge < -0.3 is 14.6 Å². The molecule has 26 heavy (non-hydrogen) atoms. The van der Waals surface area contributed by atoms with Gasteiger partial charge in [0.25, 0.3) is 0 Å². The second-order valence-corrected chi connectivity index (χ2v) is 8.33. The van der Waals surface area contributed by atoms with Gasteiger partial charge in [0.1, 0.15) is 5.75 Å². The maximum Gasteiger partial charge on any atom is 0.237 e. The van der Waals surface area contributed by atoms with Gasteiger partial charge in [-0.3, -0.25) is 4.79 Å². The zero-order valence-electron chi connectivity index (χ0n) is 16.7. The predicted octanol–water partition coefficient (Wildman–Crippen LogP) is 4.59. The number of amides is 1. The minimum Gasteiger partial charge on any atom is -0.495 e. The van der Waals surface area contributed by atoms with E-state index in [4.69, 9.17) is 4.74 Å². The van der Waals surface area contributed by atoms with E-state index in [1.165, 1.54) is 11.8 Å². The van der Waals surface area contributed by atoms with Gasteiger partial charge in [-0.15, -0.1) is 0 Å². The van der Waals surface area contributed by atoms with E-state index >= 15 is 0 Å². The summed E-state index contributed by atoms with van der Waals surface area (Å²) < 4.78 is 7.55. The molecule has 0 spiro atoms. The maximum atomic E-state index is 12.7. The average Bonchev–Trinajstić information content (AvgIpc) is 2.82. The van der Waals surface area contributed by atoms with Crippen LogP contribution in [0.5, 0.6) is 5.75 Å². The third kappa shape index (κ3) is 4.81. The second kappa shape index (κ2) is 8.62. The van der Waals surface area contributed by atoms with Crippen LogP contribution in [0, 0.1) is 26.7 Å². The lowest BCUT2D eigenvalue weighted by Crippen LogP contribution is -2.23. The van der Waals surface area contributed by atoms with Gasteiger partial charge in [-0.25, -0.2) is 4.98 Å². The van der Waals surface area contributed by atoms with Crippen molar-refractivity contribution >= 4 is 23.4 Å². The van der Waals surface area contributed by atoms with Gasteiger partial charge in [0.2, 0.25) is 5.91 Å². The van der Waals surface area contributed by atoms with Gasteiger partial charge in [0, 0.05) is 12.2 Å². The lowest BCUT2D eigenvalue weighted by molar-refractivity contribution is -0.115. The van der Waals surface area contributed by atoms with E-state index < -0.39 is 0 Å². The number of aromatic nitrogens is 2. The minimum atomic E-state index is -0.271. The third-order valence-corrected chi connectivity index (χ3v) is 5.32. The number of carbonyl (C=O) groups excluding carboxylic acids is 1.